The van der Waals surface area contributed by atoms with Gasteiger partial charge in [-0.15, -0.1) is 0 Å². The molecular weight excluding hydrogens is 412 g/mol. The minimum absolute atomic E-state index is 0.0621. The molecule has 1 fully saturated rings. The maximum atomic E-state index is 12.5. The fourth-order valence-corrected chi connectivity index (χ4v) is 4.38. The molecule has 0 bridgehead atoms. The van der Waals surface area contributed by atoms with Gasteiger partial charge < -0.3 is 25.2 Å². The van der Waals surface area contributed by atoms with Crippen LogP contribution in [0.1, 0.15) is 36.8 Å². The van der Waals surface area contributed by atoms with Crippen molar-refractivity contribution in [2.45, 2.75) is 43.9 Å². The van der Waals surface area contributed by atoms with E-state index >= 15 is 0 Å². The molecule has 1 saturated heterocycles. The fourth-order valence-electron chi connectivity index (χ4n) is 4.38. The van der Waals surface area contributed by atoms with Crippen LogP contribution in [0, 0.1) is 0 Å². The lowest BCUT2D eigenvalue weighted by molar-refractivity contribution is -0.143. The van der Waals surface area contributed by atoms with E-state index in [0.29, 0.717) is 6.42 Å². The average Bonchev–Trinajstić information content (AvgIpc) is 3.38. The molecule has 1 heterocycles. The van der Waals surface area contributed by atoms with E-state index in [1.165, 1.54) is 0 Å². The molecule has 1 aliphatic carbocycles. The van der Waals surface area contributed by atoms with Gasteiger partial charge in [0, 0.05) is 12.5 Å². The zero-order chi connectivity index (χ0) is 22.7. The van der Waals surface area contributed by atoms with E-state index in [1.807, 2.05) is 36.4 Å². The summed E-state index contributed by atoms with van der Waals surface area (Å²) < 4.78 is 11.0. The van der Waals surface area contributed by atoms with E-state index in [1.54, 1.807) is 6.92 Å². The number of carboxylic acids is 1. The number of benzene rings is 2. The van der Waals surface area contributed by atoms with E-state index in [-0.39, 0.29) is 25.6 Å². The van der Waals surface area contributed by atoms with Crippen molar-refractivity contribution < 1.29 is 29.0 Å². The third-order valence-electron chi connectivity index (χ3n) is 6.02. The Balaban J connectivity index is 1.37. The number of hydrogen-bond acceptors (Lipinski definition) is 5. The Kier molecular flexibility index (Phi) is 6.41. The summed E-state index contributed by atoms with van der Waals surface area (Å²) in [6.07, 6.45) is -0.904. The van der Waals surface area contributed by atoms with Gasteiger partial charge in [-0.2, -0.15) is 0 Å². The molecule has 8 nitrogen and oxygen atoms in total. The van der Waals surface area contributed by atoms with Crippen LogP contribution in [0.4, 0.5) is 4.79 Å². The summed E-state index contributed by atoms with van der Waals surface area (Å²) in [4.78, 5) is 36.2. The van der Waals surface area contributed by atoms with Gasteiger partial charge >= 0.3 is 12.1 Å². The van der Waals surface area contributed by atoms with Crippen molar-refractivity contribution in [3.63, 3.8) is 0 Å². The predicted octanol–water partition coefficient (Wildman–Crippen LogP) is 2.66. The predicted molar refractivity (Wildman–Crippen MR) is 116 cm³/mol. The molecule has 3 atom stereocenters. The van der Waals surface area contributed by atoms with Crippen molar-refractivity contribution in [1.29, 1.82) is 0 Å². The fraction of sp³-hybridized carbons (Fsp3) is 0.375. The van der Waals surface area contributed by atoms with E-state index in [0.717, 1.165) is 22.3 Å². The van der Waals surface area contributed by atoms with Gasteiger partial charge in [0.05, 0.1) is 6.04 Å². The summed E-state index contributed by atoms with van der Waals surface area (Å²) in [6.45, 7) is 2.12. The summed E-state index contributed by atoms with van der Waals surface area (Å²) in [5.41, 5.74) is 4.51. The van der Waals surface area contributed by atoms with Gasteiger partial charge in [-0.3, -0.25) is 4.79 Å². The molecule has 0 aromatic heterocycles. The number of carbonyl (C=O) groups is 3. The normalized spacial score (nSPS) is 20.2. The summed E-state index contributed by atoms with van der Waals surface area (Å²) >= 11 is 0. The molecule has 0 spiro atoms. The lowest BCUT2D eigenvalue weighted by Crippen LogP contribution is -2.52. The standard InChI is InChI=1S/C24H26N2O6/c1-2-19(23(28)29)25-22(27)21-20(11-12-31-21)26-24(30)32-13-18-16-9-5-3-7-14(16)15-8-4-6-10-17(15)18/h3-10,18-21H,2,11-13H2,1H3,(H,25,27)(H,26,30)(H,28,29). The second kappa shape index (κ2) is 9.40. The first-order chi connectivity index (χ1) is 15.5. The highest BCUT2D eigenvalue weighted by atomic mass is 16.6. The number of ether oxygens (including phenoxy) is 2. The maximum Gasteiger partial charge on any atom is 0.407 e. The zero-order valence-electron chi connectivity index (χ0n) is 17.7. The number of carbonyl (C=O) groups excluding carboxylic acids is 2. The lowest BCUT2D eigenvalue weighted by Gasteiger charge is -2.22. The summed E-state index contributed by atoms with van der Waals surface area (Å²) in [5, 5.41) is 14.3. The quantitative estimate of drug-likeness (QED) is 0.612. The molecule has 0 saturated carbocycles. The smallest absolute Gasteiger partial charge is 0.407 e. The molecule has 3 unspecified atom stereocenters. The Labute approximate surface area is 185 Å². The molecule has 2 aromatic rings. The Morgan fingerprint density at radius 3 is 2.31 bits per heavy atom. The van der Waals surface area contributed by atoms with Gasteiger partial charge in [0.2, 0.25) is 0 Å². The summed E-state index contributed by atoms with van der Waals surface area (Å²) in [6, 6.07) is 14.5. The first-order valence-electron chi connectivity index (χ1n) is 10.8. The van der Waals surface area contributed by atoms with Crippen molar-refractivity contribution in [3.8, 4) is 11.1 Å². The molecule has 2 aromatic carbocycles. The molecule has 0 radical (unpaired) electrons. The number of hydrogen-bond donors (Lipinski definition) is 3. The molecule has 8 heteroatoms. The number of aliphatic carboxylic acids is 1. The Morgan fingerprint density at radius 1 is 1.09 bits per heavy atom. The SMILES string of the molecule is CCC(NC(=O)C1OCCC1NC(=O)OCC1c2ccccc2-c2ccccc21)C(=O)O. The second-order valence-corrected chi connectivity index (χ2v) is 7.96. The highest BCUT2D eigenvalue weighted by molar-refractivity contribution is 5.87. The van der Waals surface area contributed by atoms with Crippen LogP contribution in [0.5, 0.6) is 0 Å². The van der Waals surface area contributed by atoms with Crippen LogP contribution in [-0.4, -0.2) is 54.5 Å². The number of rotatable bonds is 7. The zero-order valence-corrected chi connectivity index (χ0v) is 17.7. The topological polar surface area (TPSA) is 114 Å². The maximum absolute atomic E-state index is 12.5. The van der Waals surface area contributed by atoms with Crippen LogP contribution in [0.25, 0.3) is 11.1 Å². The molecule has 4 rings (SSSR count). The van der Waals surface area contributed by atoms with E-state index < -0.39 is 36.2 Å². The number of carboxylic acid groups (broad SMARTS) is 1. The molecule has 2 amide bonds. The molecule has 1 aliphatic heterocycles. The minimum atomic E-state index is -1.11. The molecule has 2 aliphatic rings. The van der Waals surface area contributed by atoms with Crippen molar-refractivity contribution in [2.75, 3.05) is 13.2 Å². The Morgan fingerprint density at radius 2 is 1.72 bits per heavy atom. The second-order valence-electron chi connectivity index (χ2n) is 7.96. The first-order valence-corrected chi connectivity index (χ1v) is 10.8. The molecule has 168 valence electrons. The number of fused-ring (bicyclic) bond motifs is 3. The largest absolute Gasteiger partial charge is 0.480 e. The first kappa shape index (κ1) is 21.8. The van der Waals surface area contributed by atoms with Crippen LogP contribution < -0.4 is 10.6 Å². The summed E-state index contributed by atoms with van der Waals surface area (Å²) in [5.74, 6) is -1.73. The van der Waals surface area contributed by atoms with Crippen LogP contribution in [0.2, 0.25) is 0 Å². The van der Waals surface area contributed by atoms with Gasteiger partial charge in [0.1, 0.15) is 12.6 Å². The highest BCUT2D eigenvalue weighted by Crippen LogP contribution is 2.44. The highest BCUT2D eigenvalue weighted by Gasteiger charge is 2.37. The van der Waals surface area contributed by atoms with E-state index in [2.05, 4.69) is 22.8 Å². The molecule has 3 N–H and O–H groups in total. The monoisotopic (exact) mass is 438 g/mol. The van der Waals surface area contributed by atoms with Gasteiger partial charge in [-0.1, -0.05) is 55.5 Å². The van der Waals surface area contributed by atoms with E-state index in [9.17, 15) is 14.4 Å². The summed E-state index contributed by atoms with van der Waals surface area (Å²) in [7, 11) is 0. The van der Waals surface area contributed by atoms with Crippen molar-refractivity contribution in [3.05, 3.63) is 59.7 Å². The van der Waals surface area contributed by atoms with Gasteiger partial charge in [0.15, 0.2) is 6.10 Å². The van der Waals surface area contributed by atoms with Gasteiger partial charge in [-0.25, -0.2) is 9.59 Å². The number of alkyl carbamates (subject to hydrolysis) is 1. The third kappa shape index (κ3) is 4.31. The van der Waals surface area contributed by atoms with Crippen molar-refractivity contribution in [2.24, 2.45) is 0 Å². The van der Waals surface area contributed by atoms with E-state index in [4.69, 9.17) is 14.6 Å². The van der Waals surface area contributed by atoms with Crippen molar-refractivity contribution in [1.82, 2.24) is 10.6 Å². The number of nitrogens with one attached hydrogen (secondary N) is 2. The van der Waals surface area contributed by atoms with Crippen LogP contribution in [-0.2, 0) is 19.1 Å². The Hall–Kier alpha value is -3.39. The van der Waals surface area contributed by atoms with Gasteiger partial charge in [-0.05, 0) is 35.1 Å². The lowest BCUT2D eigenvalue weighted by atomic mass is 9.98. The third-order valence-corrected chi connectivity index (χ3v) is 6.02. The van der Waals surface area contributed by atoms with Crippen LogP contribution >= 0.6 is 0 Å². The molecular formula is C24H26N2O6. The van der Waals surface area contributed by atoms with Crippen molar-refractivity contribution >= 4 is 18.0 Å². The van der Waals surface area contributed by atoms with Crippen LogP contribution in [0.3, 0.4) is 0 Å². The number of amides is 2. The molecule has 32 heavy (non-hydrogen) atoms. The van der Waals surface area contributed by atoms with Gasteiger partial charge in [0.25, 0.3) is 5.91 Å². The average molecular weight is 438 g/mol. The Bertz CT molecular complexity index is 978. The van der Waals surface area contributed by atoms with Crippen LogP contribution in [0.15, 0.2) is 48.5 Å². The minimum Gasteiger partial charge on any atom is -0.480 e.